The summed E-state index contributed by atoms with van der Waals surface area (Å²) in [6, 6.07) is 14.0. The lowest BCUT2D eigenvalue weighted by Gasteiger charge is -2.15. The van der Waals surface area contributed by atoms with E-state index >= 15 is 0 Å². The Morgan fingerprint density at radius 2 is 1.71 bits per heavy atom. The molecule has 1 aromatic heterocycles. The topological polar surface area (TPSA) is 62.4 Å². The van der Waals surface area contributed by atoms with Gasteiger partial charge in [-0.1, -0.05) is 44.2 Å². The van der Waals surface area contributed by atoms with Gasteiger partial charge in [0.25, 0.3) is 0 Å². The highest BCUT2D eigenvalue weighted by molar-refractivity contribution is 7.91. The summed E-state index contributed by atoms with van der Waals surface area (Å²) in [5.74, 6) is 0.691. The number of ether oxygens (including phenoxy) is 1. The first-order chi connectivity index (χ1) is 13.7. The van der Waals surface area contributed by atoms with Crippen LogP contribution >= 0.6 is 0 Å². The van der Waals surface area contributed by atoms with Crippen molar-refractivity contribution in [2.45, 2.75) is 36.5 Å². The third-order valence-electron chi connectivity index (χ3n) is 4.85. The number of hydrogen-bond acceptors (Lipinski definition) is 4. The van der Waals surface area contributed by atoms with Crippen LogP contribution in [0.25, 0.3) is 10.9 Å². The van der Waals surface area contributed by atoms with Crippen LogP contribution in [-0.4, -0.2) is 44.5 Å². The van der Waals surface area contributed by atoms with Gasteiger partial charge >= 0.3 is 0 Å². The fraction of sp³-hybridized carbons (Fsp3) is 0.364. The molecule has 1 aliphatic heterocycles. The van der Waals surface area contributed by atoms with Crippen molar-refractivity contribution in [3.05, 3.63) is 54.7 Å². The molecule has 28 heavy (non-hydrogen) atoms. The van der Waals surface area contributed by atoms with Crippen molar-refractivity contribution >= 4 is 20.7 Å². The zero-order chi connectivity index (χ0) is 20.0. The molecule has 1 aliphatic rings. The molecule has 0 aliphatic carbocycles. The van der Waals surface area contributed by atoms with Gasteiger partial charge in [0.1, 0.15) is 12.4 Å². The summed E-state index contributed by atoms with van der Waals surface area (Å²) in [5, 5.41) is 0.660. The number of fused-ring (bicyclic) bond motifs is 1. The predicted molar refractivity (Wildman–Crippen MR) is 113 cm³/mol. The molecule has 1 fully saturated rings. The molecule has 0 amide bonds. The maximum atomic E-state index is 12.9. The van der Waals surface area contributed by atoms with Gasteiger partial charge in [-0.2, -0.15) is 0 Å². The molecule has 2 aromatic carbocycles. The number of aromatic nitrogens is 1. The highest BCUT2D eigenvalue weighted by Gasteiger charge is 2.22. The van der Waals surface area contributed by atoms with Gasteiger partial charge in [-0.25, -0.2) is 8.42 Å². The van der Waals surface area contributed by atoms with Gasteiger partial charge < -0.3 is 9.72 Å². The summed E-state index contributed by atoms with van der Waals surface area (Å²) in [4.78, 5) is 6.06. The van der Waals surface area contributed by atoms with Crippen LogP contribution in [0.15, 0.2) is 64.5 Å². The predicted octanol–water partition coefficient (Wildman–Crippen LogP) is 4.50. The molecule has 0 bridgehead atoms. The number of benzene rings is 2. The van der Waals surface area contributed by atoms with E-state index in [0.717, 1.165) is 25.2 Å². The van der Waals surface area contributed by atoms with Crippen molar-refractivity contribution in [2.75, 3.05) is 26.2 Å². The van der Waals surface area contributed by atoms with Crippen molar-refractivity contribution in [3.63, 3.8) is 0 Å². The maximum absolute atomic E-state index is 12.9. The Hall–Kier alpha value is -2.31. The molecule has 1 N–H and O–H groups in total. The fourth-order valence-electron chi connectivity index (χ4n) is 3.46. The molecule has 4 rings (SSSR count). The highest BCUT2D eigenvalue weighted by atomic mass is 32.2. The molecule has 3 aromatic rings. The Morgan fingerprint density at radius 3 is 2.43 bits per heavy atom. The second-order valence-electron chi connectivity index (χ2n) is 6.55. The number of H-pyrrole nitrogens is 1. The van der Waals surface area contributed by atoms with E-state index < -0.39 is 9.84 Å². The molecule has 0 spiro atoms. The fourth-order valence-corrected chi connectivity index (χ4v) is 4.90. The average Bonchev–Trinajstić information content (AvgIpc) is 3.40. The molecule has 6 heteroatoms. The van der Waals surface area contributed by atoms with Crippen LogP contribution in [0.3, 0.4) is 0 Å². The van der Waals surface area contributed by atoms with Gasteiger partial charge in [-0.05, 0) is 44.1 Å². The first-order valence-corrected chi connectivity index (χ1v) is 11.4. The lowest BCUT2D eigenvalue weighted by Crippen LogP contribution is -2.25. The average molecular weight is 401 g/mol. The van der Waals surface area contributed by atoms with Crippen LogP contribution in [0.1, 0.15) is 26.7 Å². The van der Waals surface area contributed by atoms with Crippen LogP contribution in [0.2, 0.25) is 0 Å². The van der Waals surface area contributed by atoms with E-state index in [1.165, 1.54) is 12.8 Å². The third kappa shape index (κ3) is 4.23. The lowest BCUT2D eigenvalue weighted by molar-refractivity contribution is 0.239. The van der Waals surface area contributed by atoms with Crippen molar-refractivity contribution in [1.82, 2.24) is 9.88 Å². The van der Waals surface area contributed by atoms with Gasteiger partial charge in [-0.15, -0.1) is 0 Å². The molecule has 0 atom stereocenters. The van der Waals surface area contributed by atoms with E-state index in [-0.39, 0.29) is 4.90 Å². The summed E-state index contributed by atoms with van der Waals surface area (Å²) in [6.45, 7) is 7.76. The van der Waals surface area contributed by atoms with Crippen LogP contribution in [-0.2, 0) is 9.84 Å². The molecule has 0 radical (unpaired) electrons. The minimum absolute atomic E-state index is 0.281. The van der Waals surface area contributed by atoms with Gasteiger partial charge in [0.05, 0.1) is 15.3 Å². The summed E-state index contributed by atoms with van der Waals surface area (Å²) in [7, 11) is -3.57. The molecular weight excluding hydrogens is 372 g/mol. The van der Waals surface area contributed by atoms with Gasteiger partial charge in [0.15, 0.2) is 0 Å². The maximum Gasteiger partial charge on any atom is 0.208 e. The summed E-state index contributed by atoms with van der Waals surface area (Å²) >= 11 is 0. The van der Waals surface area contributed by atoms with Crippen molar-refractivity contribution in [3.8, 4) is 5.75 Å². The SMILES string of the molecule is CC.O=S(=O)(c1ccccc1)c1c[nH]c2c(OCCN3CCCC3)cccc12. The van der Waals surface area contributed by atoms with Crippen LogP contribution in [0, 0.1) is 0 Å². The molecule has 0 unspecified atom stereocenters. The minimum atomic E-state index is -3.57. The summed E-state index contributed by atoms with van der Waals surface area (Å²) < 4.78 is 31.8. The number of nitrogens with one attached hydrogen (secondary N) is 1. The van der Waals surface area contributed by atoms with E-state index in [1.807, 2.05) is 32.0 Å². The number of sulfone groups is 1. The normalized spacial score (nSPS) is 14.6. The smallest absolute Gasteiger partial charge is 0.208 e. The Labute approximate surface area is 167 Å². The lowest BCUT2D eigenvalue weighted by atomic mass is 10.2. The zero-order valence-corrected chi connectivity index (χ0v) is 17.3. The van der Waals surface area contributed by atoms with E-state index in [4.69, 9.17) is 4.74 Å². The van der Waals surface area contributed by atoms with Crippen molar-refractivity contribution < 1.29 is 13.2 Å². The molecule has 2 heterocycles. The number of para-hydroxylation sites is 1. The summed E-state index contributed by atoms with van der Waals surface area (Å²) in [6.07, 6.45) is 4.07. The number of hydrogen-bond donors (Lipinski definition) is 1. The number of nitrogens with zero attached hydrogens (tertiary/aromatic N) is 1. The number of aromatic amines is 1. The van der Waals surface area contributed by atoms with E-state index in [1.54, 1.807) is 36.5 Å². The van der Waals surface area contributed by atoms with Gasteiger partial charge in [0.2, 0.25) is 9.84 Å². The Balaban J connectivity index is 0.00000109. The largest absolute Gasteiger partial charge is 0.490 e. The highest BCUT2D eigenvalue weighted by Crippen LogP contribution is 2.32. The molecular formula is C22H28N2O3S. The Kier molecular flexibility index (Phi) is 6.75. The quantitative estimate of drug-likeness (QED) is 0.662. The van der Waals surface area contributed by atoms with E-state index in [2.05, 4.69) is 9.88 Å². The standard InChI is InChI=1S/C20H22N2O3S.C2H6/c23-26(24,16-7-2-1-3-8-16)19-15-21-20-17(19)9-6-10-18(20)25-14-13-22-11-4-5-12-22;1-2/h1-3,6-10,15,21H,4-5,11-14H2;1-2H3. The molecule has 1 saturated heterocycles. The first kappa shape index (κ1) is 20.4. The second-order valence-corrected chi connectivity index (χ2v) is 8.46. The van der Waals surface area contributed by atoms with Gasteiger partial charge in [0, 0.05) is 18.1 Å². The van der Waals surface area contributed by atoms with Crippen LogP contribution in [0.4, 0.5) is 0 Å². The monoisotopic (exact) mass is 400 g/mol. The van der Waals surface area contributed by atoms with Crippen LogP contribution < -0.4 is 4.74 Å². The third-order valence-corrected chi connectivity index (χ3v) is 6.66. The van der Waals surface area contributed by atoms with E-state index in [0.29, 0.717) is 22.6 Å². The Bertz CT molecular complexity index is 991. The molecule has 0 saturated carbocycles. The van der Waals surface area contributed by atoms with Crippen LogP contribution in [0.5, 0.6) is 5.75 Å². The van der Waals surface area contributed by atoms with E-state index in [9.17, 15) is 8.42 Å². The van der Waals surface area contributed by atoms with Crippen molar-refractivity contribution in [2.24, 2.45) is 0 Å². The second kappa shape index (κ2) is 9.26. The number of rotatable bonds is 6. The molecule has 150 valence electrons. The Morgan fingerprint density at radius 1 is 1.00 bits per heavy atom. The summed E-state index contributed by atoms with van der Waals surface area (Å²) in [5.41, 5.74) is 0.725. The minimum Gasteiger partial charge on any atom is -0.490 e. The van der Waals surface area contributed by atoms with Gasteiger partial charge in [-0.3, -0.25) is 4.90 Å². The number of likely N-dealkylation sites (tertiary alicyclic amines) is 1. The first-order valence-electron chi connectivity index (χ1n) is 9.92. The molecule has 5 nitrogen and oxygen atoms in total. The zero-order valence-electron chi connectivity index (χ0n) is 16.5. The van der Waals surface area contributed by atoms with Crippen molar-refractivity contribution in [1.29, 1.82) is 0 Å².